The number of benzene rings is 1. The highest BCUT2D eigenvalue weighted by Gasteiger charge is 2.38. The van der Waals surface area contributed by atoms with Crippen LogP contribution >= 0.6 is 0 Å². The average Bonchev–Trinajstić information content (AvgIpc) is 2.43. The van der Waals surface area contributed by atoms with Gasteiger partial charge in [-0.2, -0.15) is 13.2 Å². The first kappa shape index (κ1) is 19.7. The van der Waals surface area contributed by atoms with E-state index in [1.54, 1.807) is 0 Å². The van der Waals surface area contributed by atoms with Crippen LogP contribution in [0.3, 0.4) is 0 Å². The summed E-state index contributed by atoms with van der Waals surface area (Å²) < 4.78 is 31.7. The van der Waals surface area contributed by atoms with Crippen LogP contribution in [-0.2, 0) is 16.0 Å². The second-order valence-corrected chi connectivity index (χ2v) is 4.19. The number of nitrogens with two attached hydrogens (primary N) is 1. The van der Waals surface area contributed by atoms with E-state index >= 15 is 0 Å². The minimum absolute atomic E-state index is 0.193. The third-order valence-electron chi connectivity index (χ3n) is 2.34. The first-order valence-corrected chi connectivity index (χ1v) is 6.13. The molecule has 0 heterocycles. The molecule has 0 amide bonds. The van der Waals surface area contributed by atoms with Gasteiger partial charge >= 0.3 is 18.1 Å². The third kappa shape index (κ3) is 10.4. The van der Waals surface area contributed by atoms with Crippen molar-refractivity contribution < 1.29 is 33.0 Å². The van der Waals surface area contributed by atoms with E-state index in [4.69, 9.17) is 20.7 Å². The van der Waals surface area contributed by atoms with Crippen molar-refractivity contribution in [3.63, 3.8) is 0 Å². The van der Waals surface area contributed by atoms with Gasteiger partial charge in [0.2, 0.25) is 0 Å². The molecule has 0 unspecified atom stereocenters. The minimum Gasteiger partial charge on any atom is -0.478 e. The molecule has 1 aromatic carbocycles. The molecule has 1 aromatic rings. The zero-order valence-electron chi connectivity index (χ0n) is 11.5. The Hall–Kier alpha value is -2.35. The quantitative estimate of drug-likeness (QED) is 0.723. The Morgan fingerprint density at radius 1 is 1.18 bits per heavy atom. The molecule has 0 aliphatic rings. The molecule has 5 nitrogen and oxygen atoms in total. The second-order valence-electron chi connectivity index (χ2n) is 4.19. The van der Waals surface area contributed by atoms with Gasteiger partial charge in [-0.15, -0.1) is 0 Å². The van der Waals surface area contributed by atoms with Crippen LogP contribution in [0.25, 0.3) is 0 Å². The van der Waals surface area contributed by atoms with E-state index in [-0.39, 0.29) is 6.04 Å². The highest BCUT2D eigenvalue weighted by Crippen LogP contribution is 2.13. The number of hydrogen-bond donors (Lipinski definition) is 3. The zero-order chi connectivity index (χ0) is 17.2. The maximum absolute atomic E-state index is 10.6. The molecule has 0 fully saturated rings. The molecule has 0 saturated heterocycles. The van der Waals surface area contributed by atoms with Gasteiger partial charge in [0.15, 0.2) is 0 Å². The highest BCUT2D eigenvalue weighted by atomic mass is 19.4. The number of rotatable bonds is 5. The molecule has 0 aliphatic carbocycles. The number of hydrogen-bond acceptors (Lipinski definition) is 3. The van der Waals surface area contributed by atoms with Crippen LogP contribution in [-0.4, -0.2) is 34.4 Å². The van der Waals surface area contributed by atoms with Crippen molar-refractivity contribution in [3.8, 4) is 0 Å². The SMILES string of the molecule is N[C@H](/C=C/C(=O)O)CCc1ccccc1.O=C(O)C(F)(F)F. The minimum atomic E-state index is -5.08. The Balaban J connectivity index is 0.000000534. The van der Waals surface area contributed by atoms with E-state index in [9.17, 15) is 18.0 Å². The summed E-state index contributed by atoms with van der Waals surface area (Å²) in [5, 5.41) is 15.5. The molecule has 22 heavy (non-hydrogen) atoms. The van der Waals surface area contributed by atoms with E-state index in [2.05, 4.69) is 0 Å². The number of aryl methyl sites for hydroxylation is 1. The summed E-state index contributed by atoms with van der Waals surface area (Å²) in [7, 11) is 0. The third-order valence-corrected chi connectivity index (χ3v) is 2.34. The first-order chi connectivity index (χ1) is 10.1. The van der Waals surface area contributed by atoms with Crippen molar-refractivity contribution in [2.75, 3.05) is 0 Å². The molecule has 122 valence electrons. The molecule has 0 radical (unpaired) electrons. The summed E-state index contributed by atoms with van der Waals surface area (Å²) in [6.45, 7) is 0. The Kier molecular flexibility index (Phi) is 8.54. The van der Waals surface area contributed by atoms with Crippen LogP contribution < -0.4 is 5.73 Å². The van der Waals surface area contributed by atoms with E-state index in [1.165, 1.54) is 11.6 Å². The molecular weight excluding hydrogens is 303 g/mol. The standard InChI is InChI=1S/C12H15NO2.C2HF3O2/c13-11(8-9-12(14)15)7-6-10-4-2-1-3-5-10;3-2(4,5)1(6)7/h1-5,8-9,11H,6-7,13H2,(H,14,15);(H,6,7)/b9-8+;/t11-;/m0./s1. The predicted octanol–water partition coefficient (Wildman–Crippen LogP) is 2.22. The Labute approximate surface area is 124 Å². The fraction of sp³-hybridized carbons (Fsp3) is 0.286. The monoisotopic (exact) mass is 319 g/mol. The van der Waals surface area contributed by atoms with E-state index in [1.807, 2.05) is 30.3 Å². The normalized spacial score (nSPS) is 12.4. The summed E-state index contributed by atoms with van der Waals surface area (Å²) in [5.74, 6) is -3.71. The number of aliphatic carboxylic acids is 2. The fourth-order valence-electron chi connectivity index (χ4n) is 1.28. The number of carboxylic acid groups (broad SMARTS) is 2. The molecule has 8 heteroatoms. The molecule has 0 saturated carbocycles. The molecular formula is C14H16F3NO4. The van der Waals surface area contributed by atoms with Crippen molar-refractivity contribution in [1.29, 1.82) is 0 Å². The van der Waals surface area contributed by atoms with Gasteiger partial charge in [-0.05, 0) is 18.4 Å². The second kappa shape index (κ2) is 9.56. The molecule has 0 aliphatic heterocycles. The summed E-state index contributed by atoms with van der Waals surface area (Å²) in [6.07, 6.45) is -0.847. The van der Waals surface area contributed by atoms with Gasteiger partial charge in [0.1, 0.15) is 0 Å². The van der Waals surface area contributed by atoms with Gasteiger partial charge < -0.3 is 15.9 Å². The molecule has 0 bridgehead atoms. The van der Waals surface area contributed by atoms with Gasteiger partial charge in [-0.3, -0.25) is 0 Å². The summed E-state index contributed by atoms with van der Waals surface area (Å²) >= 11 is 0. The highest BCUT2D eigenvalue weighted by molar-refractivity contribution is 5.79. The van der Waals surface area contributed by atoms with Gasteiger partial charge in [-0.25, -0.2) is 9.59 Å². The van der Waals surface area contributed by atoms with Crippen molar-refractivity contribution in [3.05, 3.63) is 48.0 Å². The lowest BCUT2D eigenvalue weighted by Gasteiger charge is -2.05. The molecule has 0 aromatic heterocycles. The Morgan fingerprint density at radius 2 is 1.68 bits per heavy atom. The van der Waals surface area contributed by atoms with Crippen LogP contribution in [0.15, 0.2) is 42.5 Å². The smallest absolute Gasteiger partial charge is 0.478 e. The Bertz CT molecular complexity index is 501. The topological polar surface area (TPSA) is 101 Å². The number of carbonyl (C=O) groups is 2. The maximum Gasteiger partial charge on any atom is 0.490 e. The number of halogens is 3. The summed E-state index contributed by atoms with van der Waals surface area (Å²) in [5.41, 5.74) is 6.94. The predicted molar refractivity (Wildman–Crippen MR) is 73.2 cm³/mol. The van der Waals surface area contributed by atoms with E-state index in [0.29, 0.717) is 0 Å². The first-order valence-electron chi connectivity index (χ1n) is 6.13. The molecule has 0 spiro atoms. The van der Waals surface area contributed by atoms with Crippen LogP contribution in [0.1, 0.15) is 12.0 Å². The number of alkyl halides is 3. The lowest BCUT2D eigenvalue weighted by atomic mass is 10.1. The van der Waals surface area contributed by atoms with E-state index < -0.39 is 18.1 Å². The largest absolute Gasteiger partial charge is 0.490 e. The molecule has 1 rings (SSSR count). The summed E-state index contributed by atoms with van der Waals surface area (Å²) in [4.78, 5) is 19.1. The lowest BCUT2D eigenvalue weighted by Crippen LogP contribution is -2.21. The van der Waals surface area contributed by atoms with Gasteiger partial charge in [0.25, 0.3) is 0 Å². The zero-order valence-corrected chi connectivity index (χ0v) is 11.5. The van der Waals surface area contributed by atoms with Crippen molar-refractivity contribution in [2.24, 2.45) is 5.73 Å². The maximum atomic E-state index is 10.6. The van der Waals surface area contributed by atoms with Gasteiger partial charge in [-0.1, -0.05) is 36.4 Å². The van der Waals surface area contributed by atoms with Crippen LogP contribution in [0.2, 0.25) is 0 Å². The molecule has 4 N–H and O–H groups in total. The molecule has 1 atom stereocenters. The van der Waals surface area contributed by atoms with Crippen LogP contribution in [0, 0.1) is 0 Å². The van der Waals surface area contributed by atoms with Gasteiger partial charge in [0.05, 0.1) is 0 Å². The van der Waals surface area contributed by atoms with Gasteiger partial charge in [0, 0.05) is 12.1 Å². The van der Waals surface area contributed by atoms with E-state index in [0.717, 1.165) is 18.9 Å². The number of carboxylic acids is 2. The van der Waals surface area contributed by atoms with Crippen LogP contribution in [0.4, 0.5) is 13.2 Å². The van der Waals surface area contributed by atoms with Crippen molar-refractivity contribution >= 4 is 11.9 Å². The van der Waals surface area contributed by atoms with Crippen molar-refractivity contribution in [2.45, 2.75) is 25.1 Å². The fourth-order valence-corrected chi connectivity index (χ4v) is 1.28. The van der Waals surface area contributed by atoms with Crippen molar-refractivity contribution in [1.82, 2.24) is 0 Å². The summed E-state index contributed by atoms with van der Waals surface area (Å²) in [6, 6.07) is 9.80. The Morgan fingerprint density at radius 3 is 2.09 bits per heavy atom. The lowest BCUT2D eigenvalue weighted by molar-refractivity contribution is -0.192. The van der Waals surface area contributed by atoms with Crippen LogP contribution in [0.5, 0.6) is 0 Å². The average molecular weight is 319 g/mol.